The van der Waals surface area contributed by atoms with Crippen molar-refractivity contribution in [2.45, 2.75) is 32.3 Å². The smallest absolute Gasteiger partial charge is 0.144 e. The van der Waals surface area contributed by atoms with Crippen molar-refractivity contribution in [1.29, 1.82) is 0 Å². The van der Waals surface area contributed by atoms with E-state index in [-0.39, 0.29) is 18.0 Å². The van der Waals surface area contributed by atoms with Gasteiger partial charge in [-0.2, -0.15) is 0 Å². The number of hydrogen-bond donors (Lipinski definition) is 2. The Kier molecular flexibility index (Phi) is 3.25. The third-order valence-electron chi connectivity index (χ3n) is 2.06. The van der Waals surface area contributed by atoms with Crippen molar-refractivity contribution >= 4 is 5.78 Å². The van der Waals surface area contributed by atoms with Gasteiger partial charge in [-0.25, -0.2) is 0 Å². The zero-order chi connectivity index (χ0) is 9.84. The van der Waals surface area contributed by atoms with Crippen LogP contribution in [0.5, 0.6) is 0 Å². The maximum Gasteiger partial charge on any atom is 0.144 e. The molecule has 13 heavy (non-hydrogen) atoms. The fourth-order valence-corrected chi connectivity index (χ4v) is 1.20. The molecule has 0 bridgehead atoms. The molecule has 0 spiro atoms. The van der Waals surface area contributed by atoms with Gasteiger partial charge >= 0.3 is 0 Å². The second kappa shape index (κ2) is 4.23. The van der Waals surface area contributed by atoms with Gasteiger partial charge in [-0.05, 0) is 12.0 Å². The monoisotopic (exact) mass is 182 g/mol. The van der Waals surface area contributed by atoms with Crippen molar-refractivity contribution in [3.8, 4) is 0 Å². The minimum absolute atomic E-state index is 0.0307. The lowest BCUT2D eigenvalue weighted by Gasteiger charge is -1.99. The first kappa shape index (κ1) is 9.99. The van der Waals surface area contributed by atoms with E-state index in [4.69, 9.17) is 0 Å². The third-order valence-corrected chi connectivity index (χ3v) is 2.06. The van der Waals surface area contributed by atoms with E-state index in [1.54, 1.807) is 12.2 Å². The van der Waals surface area contributed by atoms with E-state index < -0.39 is 6.10 Å². The summed E-state index contributed by atoms with van der Waals surface area (Å²) in [4.78, 5) is 10.9. The summed E-state index contributed by atoms with van der Waals surface area (Å²) in [6, 6.07) is 0. The highest BCUT2D eigenvalue weighted by molar-refractivity contribution is 5.87. The average molecular weight is 182 g/mol. The quantitative estimate of drug-likeness (QED) is 0.695. The van der Waals surface area contributed by atoms with Gasteiger partial charge in [0, 0.05) is 6.42 Å². The molecule has 0 aromatic carbocycles. The molecule has 0 aromatic rings. The van der Waals surface area contributed by atoms with E-state index in [2.05, 4.69) is 0 Å². The molecule has 2 N–H and O–H groups in total. The van der Waals surface area contributed by atoms with Crippen LogP contribution in [-0.2, 0) is 4.79 Å². The summed E-state index contributed by atoms with van der Waals surface area (Å²) in [5.74, 6) is 0.174. The largest absolute Gasteiger partial charge is 0.512 e. The average Bonchev–Trinajstić information content (AvgIpc) is 2.41. The van der Waals surface area contributed by atoms with Crippen LogP contribution in [0.2, 0.25) is 0 Å². The first-order valence-corrected chi connectivity index (χ1v) is 4.42. The number of aliphatic hydroxyl groups excluding tert-OH is 2. The highest BCUT2D eigenvalue weighted by Crippen LogP contribution is 2.21. The molecule has 1 aliphatic rings. The minimum atomic E-state index is -0.490. The summed E-state index contributed by atoms with van der Waals surface area (Å²) in [6.07, 6.45) is 3.81. The van der Waals surface area contributed by atoms with Gasteiger partial charge < -0.3 is 10.2 Å². The summed E-state index contributed by atoms with van der Waals surface area (Å²) in [5, 5.41) is 18.5. The van der Waals surface area contributed by atoms with Crippen LogP contribution in [0, 0.1) is 0 Å². The lowest BCUT2D eigenvalue weighted by Crippen LogP contribution is -1.98. The van der Waals surface area contributed by atoms with Crippen molar-refractivity contribution in [1.82, 2.24) is 0 Å². The van der Waals surface area contributed by atoms with Crippen molar-refractivity contribution in [3.63, 3.8) is 0 Å². The Labute approximate surface area is 77.4 Å². The predicted molar refractivity (Wildman–Crippen MR) is 49.3 cm³/mol. The van der Waals surface area contributed by atoms with E-state index in [0.29, 0.717) is 18.4 Å². The highest BCUT2D eigenvalue weighted by Gasteiger charge is 2.18. The van der Waals surface area contributed by atoms with Crippen LogP contribution in [-0.4, -0.2) is 22.1 Å². The number of carbonyl (C=O) groups excluding carboxylic acids is 1. The molecule has 0 aliphatic heterocycles. The molecule has 0 aromatic heterocycles. The number of carbonyl (C=O) groups is 1. The lowest BCUT2D eigenvalue weighted by molar-refractivity contribution is -0.117. The van der Waals surface area contributed by atoms with E-state index in [9.17, 15) is 15.0 Å². The Balaban J connectivity index is 2.59. The Morgan fingerprint density at radius 2 is 2.23 bits per heavy atom. The fraction of sp³-hybridized carbons (Fsp3) is 0.500. The topological polar surface area (TPSA) is 57.5 Å². The van der Waals surface area contributed by atoms with E-state index in [0.717, 1.165) is 0 Å². The molecule has 0 heterocycles. The van der Waals surface area contributed by atoms with Crippen LogP contribution in [0.25, 0.3) is 0 Å². The molecule has 0 saturated carbocycles. The van der Waals surface area contributed by atoms with Crippen molar-refractivity contribution in [2.24, 2.45) is 0 Å². The van der Waals surface area contributed by atoms with Gasteiger partial charge in [0.15, 0.2) is 0 Å². The molecule has 0 amide bonds. The van der Waals surface area contributed by atoms with Gasteiger partial charge in [0.2, 0.25) is 0 Å². The number of rotatable bonds is 3. The van der Waals surface area contributed by atoms with Crippen LogP contribution in [0.3, 0.4) is 0 Å². The van der Waals surface area contributed by atoms with Crippen molar-refractivity contribution < 1.29 is 15.0 Å². The number of allylic oxidation sites excluding steroid dienone is 3. The molecule has 0 radical (unpaired) electrons. The summed E-state index contributed by atoms with van der Waals surface area (Å²) < 4.78 is 0. The predicted octanol–water partition coefficient (Wildman–Crippen LogP) is 1.49. The second-order valence-electron chi connectivity index (χ2n) is 3.20. The Morgan fingerprint density at radius 1 is 1.54 bits per heavy atom. The third kappa shape index (κ3) is 2.70. The normalized spacial score (nSPS) is 20.3. The van der Waals surface area contributed by atoms with Crippen LogP contribution < -0.4 is 0 Å². The molecule has 1 unspecified atom stereocenters. The number of aliphatic hydroxyl groups is 2. The summed E-state index contributed by atoms with van der Waals surface area (Å²) >= 11 is 0. The van der Waals surface area contributed by atoms with Gasteiger partial charge in [0.1, 0.15) is 11.5 Å². The zero-order valence-electron chi connectivity index (χ0n) is 7.66. The van der Waals surface area contributed by atoms with Gasteiger partial charge in [-0.3, -0.25) is 4.79 Å². The van der Waals surface area contributed by atoms with Crippen LogP contribution in [0.4, 0.5) is 0 Å². The molecule has 1 rings (SSSR count). The maximum atomic E-state index is 10.9. The van der Waals surface area contributed by atoms with Gasteiger partial charge in [-0.1, -0.05) is 19.1 Å². The SMILES string of the molecule is CCC(O)/C=C/C1=C(O)CC(=O)C1. The molecule has 1 aliphatic carbocycles. The molecule has 0 saturated heterocycles. The summed E-state index contributed by atoms with van der Waals surface area (Å²) in [6.45, 7) is 1.86. The molecular formula is C10H14O3. The van der Waals surface area contributed by atoms with Crippen molar-refractivity contribution in [2.75, 3.05) is 0 Å². The van der Waals surface area contributed by atoms with E-state index >= 15 is 0 Å². The molecule has 0 fully saturated rings. The molecule has 72 valence electrons. The van der Waals surface area contributed by atoms with E-state index in [1.165, 1.54) is 0 Å². The first-order valence-electron chi connectivity index (χ1n) is 4.42. The molecule has 3 heteroatoms. The first-order chi connectivity index (χ1) is 6.13. The highest BCUT2D eigenvalue weighted by atomic mass is 16.3. The Hall–Kier alpha value is -1.09. The van der Waals surface area contributed by atoms with Gasteiger partial charge in [0.05, 0.1) is 12.5 Å². The molecule has 1 atom stereocenters. The van der Waals surface area contributed by atoms with E-state index in [1.807, 2.05) is 6.92 Å². The van der Waals surface area contributed by atoms with Gasteiger partial charge in [0.25, 0.3) is 0 Å². The van der Waals surface area contributed by atoms with Crippen molar-refractivity contribution in [3.05, 3.63) is 23.5 Å². The standard InChI is InChI=1S/C10H14O3/c1-2-8(11)4-3-7-5-9(12)6-10(7)13/h3-4,8,11,13H,2,5-6H2,1H3/b4-3+. The summed E-state index contributed by atoms with van der Waals surface area (Å²) in [5.41, 5.74) is 0.637. The van der Waals surface area contributed by atoms with Crippen LogP contribution in [0.15, 0.2) is 23.5 Å². The molecular weight excluding hydrogens is 168 g/mol. The lowest BCUT2D eigenvalue weighted by atomic mass is 10.1. The van der Waals surface area contributed by atoms with Crippen LogP contribution in [0.1, 0.15) is 26.2 Å². The zero-order valence-corrected chi connectivity index (χ0v) is 7.66. The Bertz CT molecular complexity index is 263. The Morgan fingerprint density at radius 3 is 2.69 bits per heavy atom. The summed E-state index contributed by atoms with van der Waals surface area (Å²) in [7, 11) is 0. The molecule has 3 nitrogen and oxygen atoms in total. The van der Waals surface area contributed by atoms with Gasteiger partial charge in [-0.15, -0.1) is 0 Å². The minimum Gasteiger partial charge on any atom is -0.512 e. The number of hydrogen-bond acceptors (Lipinski definition) is 3. The second-order valence-corrected chi connectivity index (χ2v) is 3.20. The number of Topliss-reactive ketones (excluding diaryl/α,β-unsaturated/α-hetero) is 1. The fourth-order valence-electron chi connectivity index (χ4n) is 1.20. The van der Waals surface area contributed by atoms with Crippen LogP contribution >= 0.6 is 0 Å². The maximum absolute atomic E-state index is 10.9. The number of ketones is 1.